The van der Waals surface area contributed by atoms with Gasteiger partial charge in [0, 0.05) is 5.56 Å². The van der Waals surface area contributed by atoms with Gasteiger partial charge in [-0.1, -0.05) is 17.9 Å². The second-order valence-corrected chi connectivity index (χ2v) is 5.59. The van der Waals surface area contributed by atoms with Crippen LogP contribution in [0.4, 0.5) is 18.9 Å². The van der Waals surface area contributed by atoms with E-state index in [9.17, 15) is 28.1 Å². The molecule has 1 amide bonds. The lowest BCUT2D eigenvalue weighted by Gasteiger charge is -2.06. The van der Waals surface area contributed by atoms with Gasteiger partial charge in [-0.15, -0.1) is 0 Å². The Balaban J connectivity index is 1.96. The molecule has 1 aromatic carbocycles. The van der Waals surface area contributed by atoms with Crippen molar-refractivity contribution in [3.8, 4) is 11.8 Å². The molecule has 7 nitrogen and oxygen atoms in total. The van der Waals surface area contributed by atoms with Crippen LogP contribution in [0.5, 0.6) is 0 Å². The van der Waals surface area contributed by atoms with Crippen molar-refractivity contribution in [1.29, 1.82) is 0 Å². The monoisotopic (exact) mass is 380 g/mol. The second-order valence-electron chi connectivity index (χ2n) is 5.59. The van der Waals surface area contributed by atoms with Crippen molar-refractivity contribution in [1.82, 2.24) is 15.1 Å². The highest BCUT2D eigenvalue weighted by Gasteiger charge is 2.30. The van der Waals surface area contributed by atoms with Crippen molar-refractivity contribution >= 4 is 11.6 Å². The van der Waals surface area contributed by atoms with Crippen molar-refractivity contribution in [2.75, 3.05) is 6.54 Å². The van der Waals surface area contributed by atoms with Gasteiger partial charge < -0.3 is 5.32 Å². The molecule has 0 unspecified atom stereocenters. The summed E-state index contributed by atoms with van der Waals surface area (Å²) in [5, 5.41) is 17.4. The molecule has 0 saturated heterocycles. The molecule has 2 aromatic rings. The maximum atomic E-state index is 12.6. The molecule has 142 valence electrons. The Morgan fingerprint density at radius 1 is 1.37 bits per heavy atom. The summed E-state index contributed by atoms with van der Waals surface area (Å²) in [7, 11) is 0. The van der Waals surface area contributed by atoms with E-state index in [1.54, 1.807) is 0 Å². The molecule has 2 rings (SSSR count). The highest BCUT2D eigenvalue weighted by Crippen LogP contribution is 2.29. The lowest BCUT2D eigenvalue weighted by molar-refractivity contribution is -0.386. The Morgan fingerprint density at radius 2 is 2.07 bits per heavy atom. The van der Waals surface area contributed by atoms with Crippen LogP contribution < -0.4 is 5.32 Å². The van der Waals surface area contributed by atoms with Gasteiger partial charge in [-0.25, -0.2) is 0 Å². The van der Waals surface area contributed by atoms with E-state index in [0.717, 1.165) is 12.1 Å². The highest BCUT2D eigenvalue weighted by atomic mass is 19.4. The van der Waals surface area contributed by atoms with E-state index in [1.807, 2.05) is 0 Å². The van der Waals surface area contributed by atoms with Gasteiger partial charge in [0.2, 0.25) is 5.91 Å². The van der Waals surface area contributed by atoms with Gasteiger partial charge in [0.05, 0.1) is 17.0 Å². The topological polar surface area (TPSA) is 90.1 Å². The Bertz CT molecular complexity index is 939. The average Bonchev–Trinajstić information content (AvgIpc) is 2.85. The van der Waals surface area contributed by atoms with E-state index in [4.69, 9.17) is 0 Å². The summed E-state index contributed by atoms with van der Waals surface area (Å²) in [5.41, 5.74) is -0.317. The Hall–Kier alpha value is -3.35. The largest absolute Gasteiger partial charge is 0.416 e. The van der Waals surface area contributed by atoms with Crippen molar-refractivity contribution in [3.05, 3.63) is 56.9 Å². The van der Waals surface area contributed by atoms with Gasteiger partial charge in [0.15, 0.2) is 0 Å². The standard InChI is InChI=1S/C17H15F3N4O3/c1-11-16(24(26)27)12(2)23(22-11)10-15(25)21-8-4-6-13-5-3-7-14(9-13)17(18,19)20/h3,5,7,9H,8,10H2,1-2H3,(H,21,25). The molecular weight excluding hydrogens is 365 g/mol. The van der Waals surface area contributed by atoms with E-state index in [-0.39, 0.29) is 35.7 Å². The van der Waals surface area contributed by atoms with Crippen molar-refractivity contribution in [3.63, 3.8) is 0 Å². The minimum atomic E-state index is -4.45. The number of carbonyl (C=O) groups is 1. The number of aryl methyl sites for hydroxylation is 1. The minimum Gasteiger partial charge on any atom is -0.344 e. The lowest BCUT2D eigenvalue weighted by atomic mass is 10.1. The Kier molecular flexibility index (Phi) is 5.85. The molecule has 0 radical (unpaired) electrons. The maximum Gasteiger partial charge on any atom is 0.416 e. The van der Waals surface area contributed by atoms with E-state index < -0.39 is 22.6 Å². The average molecular weight is 380 g/mol. The van der Waals surface area contributed by atoms with Crippen LogP contribution in [0, 0.1) is 35.8 Å². The van der Waals surface area contributed by atoms with Gasteiger partial charge in [-0.3, -0.25) is 19.6 Å². The molecule has 0 spiro atoms. The number of nitro groups is 1. The number of amides is 1. The predicted octanol–water partition coefficient (Wildman–Crippen LogP) is 2.59. The summed E-state index contributed by atoms with van der Waals surface area (Å²) in [4.78, 5) is 22.3. The predicted molar refractivity (Wildman–Crippen MR) is 89.7 cm³/mol. The third-order valence-electron chi connectivity index (χ3n) is 3.62. The van der Waals surface area contributed by atoms with Crippen LogP contribution in [0.25, 0.3) is 0 Å². The summed E-state index contributed by atoms with van der Waals surface area (Å²) in [6.07, 6.45) is -4.45. The summed E-state index contributed by atoms with van der Waals surface area (Å²) in [6.45, 7) is 2.64. The third-order valence-corrected chi connectivity index (χ3v) is 3.62. The number of alkyl halides is 3. The number of carbonyl (C=O) groups excluding carboxylic acids is 1. The van der Waals surface area contributed by atoms with Gasteiger partial charge >= 0.3 is 11.9 Å². The van der Waals surface area contributed by atoms with Crippen molar-refractivity contribution < 1.29 is 22.9 Å². The zero-order valence-corrected chi connectivity index (χ0v) is 14.4. The molecule has 0 aliphatic heterocycles. The molecule has 0 fully saturated rings. The van der Waals surface area contributed by atoms with Crippen molar-refractivity contribution in [2.45, 2.75) is 26.6 Å². The fraction of sp³-hybridized carbons (Fsp3) is 0.294. The molecule has 0 atom stereocenters. The fourth-order valence-corrected chi connectivity index (χ4v) is 2.36. The van der Waals surface area contributed by atoms with Crippen LogP contribution in [-0.2, 0) is 17.5 Å². The maximum absolute atomic E-state index is 12.6. The third kappa shape index (κ3) is 5.07. The molecule has 0 aliphatic rings. The SMILES string of the molecule is Cc1nn(CC(=O)NCC#Cc2cccc(C(F)(F)F)c2)c(C)c1[N+](=O)[O-]. The van der Waals surface area contributed by atoms with Gasteiger partial charge in [0.25, 0.3) is 0 Å². The number of benzene rings is 1. The van der Waals surface area contributed by atoms with Gasteiger partial charge in [-0.05, 0) is 32.0 Å². The van der Waals surface area contributed by atoms with Crippen LogP contribution in [-0.4, -0.2) is 27.2 Å². The molecule has 1 heterocycles. The second kappa shape index (κ2) is 7.90. The van der Waals surface area contributed by atoms with Gasteiger partial charge in [-0.2, -0.15) is 18.3 Å². The smallest absolute Gasteiger partial charge is 0.344 e. The molecule has 27 heavy (non-hydrogen) atoms. The van der Waals surface area contributed by atoms with E-state index in [2.05, 4.69) is 22.3 Å². The highest BCUT2D eigenvalue weighted by molar-refractivity contribution is 5.76. The minimum absolute atomic E-state index is 0.0868. The molecule has 10 heteroatoms. The van der Waals surface area contributed by atoms with Crippen molar-refractivity contribution in [2.24, 2.45) is 0 Å². The number of hydrogen-bond donors (Lipinski definition) is 1. The Labute approximate surface area is 152 Å². The number of aromatic nitrogens is 2. The number of halogens is 3. The first-order chi connectivity index (χ1) is 12.6. The number of rotatable bonds is 4. The van der Waals surface area contributed by atoms with Crippen LogP contribution in [0.2, 0.25) is 0 Å². The zero-order chi connectivity index (χ0) is 20.2. The lowest BCUT2D eigenvalue weighted by Crippen LogP contribution is -2.28. The van der Waals surface area contributed by atoms with Crippen LogP contribution in [0.3, 0.4) is 0 Å². The zero-order valence-electron chi connectivity index (χ0n) is 14.4. The number of hydrogen-bond acceptors (Lipinski definition) is 4. The first-order valence-electron chi connectivity index (χ1n) is 7.71. The molecular formula is C17H15F3N4O3. The summed E-state index contributed by atoms with van der Waals surface area (Å²) < 4.78 is 39.1. The summed E-state index contributed by atoms with van der Waals surface area (Å²) in [5.74, 6) is 4.62. The normalized spacial score (nSPS) is 10.9. The van der Waals surface area contributed by atoms with Crippen LogP contribution >= 0.6 is 0 Å². The van der Waals surface area contributed by atoms with E-state index in [1.165, 1.54) is 30.7 Å². The molecule has 0 saturated carbocycles. The number of nitrogens with one attached hydrogen (secondary N) is 1. The fourth-order valence-electron chi connectivity index (χ4n) is 2.36. The summed E-state index contributed by atoms with van der Waals surface area (Å²) >= 11 is 0. The summed E-state index contributed by atoms with van der Waals surface area (Å²) in [6, 6.07) is 4.55. The number of nitrogens with zero attached hydrogens (tertiary/aromatic N) is 3. The van der Waals surface area contributed by atoms with E-state index in [0.29, 0.717) is 0 Å². The van der Waals surface area contributed by atoms with E-state index >= 15 is 0 Å². The first-order valence-corrected chi connectivity index (χ1v) is 7.71. The van der Waals surface area contributed by atoms with Gasteiger partial charge in [0.1, 0.15) is 17.9 Å². The molecule has 1 aromatic heterocycles. The van der Waals surface area contributed by atoms with Crippen LogP contribution in [0.15, 0.2) is 24.3 Å². The molecule has 0 aliphatic carbocycles. The Morgan fingerprint density at radius 3 is 2.67 bits per heavy atom. The molecule has 1 N–H and O–H groups in total. The molecule has 0 bridgehead atoms. The van der Waals surface area contributed by atoms with Crippen LogP contribution in [0.1, 0.15) is 22.5 Å². The quantitative estimate of drug-likeness (QED) is 0.502. The first kappa shape index (κ1) is 20.0.